The van der Waals surface area contributed by atoms with E-state index in [1.54, 1.807) is 0 Å². The third-order valence-electron chi connectivity index (χ3n) is 5.90. The van der Waals surface area contributed by atoms with Crippen molar-refractivity contribution in [1.29, 1.82) is 0 Å². The number of urea groups is 1. The topological polar surface area (TPSA) is 61.4 Å². The van der Waals surface area contributed by atoms with Gasteiger partial charge in [0.15, 0.2) is 0 Å². The monoisotopic (exact) mass is 357 g/mol. The van der Waals surface area contributed by atoms with Crippen molar-refractivity contribution in [2.24, 2.45) is 0 Å². The number of piperidine rings is 1. The first-order valence-corrected chi connectivity index (χ1v) is 10.0. The molecule has 1 aromatic carbocycles. The van der Waals surface area contributed by atoms with Crippen LogP contribution in [0.25, 0.3) is 0 Å². The Labute approximate surface area is 156 Å². The third kappa shape index (κ3) is 5.07. The molecule has 3 rings (SSSR count). The van der Waals surface area contributed by atoms with E-state index in [-0.39, 0.29) is 24.0 Å². The molecule has 1 saturated heterocycles. The average molecular weight is 357 g/mol. The minimum absolute atomic E-state index is 0.198. The number of imide groups is 1. The molecule has 1 aromatic rings. The lowest BCUT2D eigenvalue weighted by Crippen LogP contribution is -2.52. The molecule has 3 amide bonds. The minimum atomic E-state index is -0.340. The second-order valence-corrected chi connectivity index (χ2v) is 7.69. The maximum Gasteiger partial charge on any atom is 0.321 e. The highest BCUT2D eigenvalue weighted by Crippen LogP contribution is 2.28. The molecule has 5 nitrogen and oxygen atoms in total. The van der Waals surface area contributed by atoms with Crippen molar-refractivity contribution in [3.05, 3.63) is 35.9 Å². The van der Waals surface area contributed by atoms with Crippen molar-refractivity contribution >= 4 is 11.9 Å². The molecule has 0 spiro atoms. The zero-order chi connectivity index (χ0) is 18.4. The summed E-state index contributed by atoms with van der Waals surface area (Å²) in [6.07, 6.45) is 7.70. The standard InChI is InChI=1S/C21H31N3O2/c1-16(20(25)23-21(26)22-19-10-6-3-7-11-19)24-14-12-18(13-15-24)17-8-4-2-5-9-17/h2,4-5,8-9,16,18-19H,3,6-7,10-15H2,1H3,(H2,22,23,25,26). The normalized spacial score (nSPS) is 21.1. The third-order valence-corrected chi connectivity index (χ3v) is 5.90. The van der Waals surface area contributed by atoms with Gasteiger partial charge in [-0.25, -0.2) is 4.79 Å². The van der Waals surface area contributed by atoms with Crippen LogP contribution in [0.15, 0.2) is 30.3 Å². The quantitative estimate of drug-likeness (QED) is 0.868. The van der Waals surface area contributed by atoms with Crippen LogP contribution in [-0.2, 0) is 4.79 Å². The molecule has 1 atom stereocenters. The summed E-state index contributed by atoms with van der Waals surface area (Å²) in [4.78, 5) is 26.7. The smallest absolute Gasteiger partial charge is 0.321 e. The number of carbonyl (C=O) groups is 2. The van der Waals surface area contributed by atoms with Gasteiger partial charge in [0.1, 0.15) is 0 Å². The van der Waals surface area contributed by atoms with Crippen LogP contribution in [0.2, 0.25) is 0 Å². The van der Waals surface area contributed by atoms with Gasteiger partial charge in [-0.15, -0.1) is 0 Å². The van der Waals surface area contributed by atoms with Crippen LogP contribution in [0.1, 0.15) is 63.4 Å². The van der Waals surface area contributed by atoms with Crippen molar-refractivity contribution in [3.8, 4) is 0 Å². The number of benzene rings is 1. The molecular formula is C21H31N3O2. The summed E-state index contributed by atoms with van der Waals surface area (Å²) in [5, 5.41) is 5.48. The average Bonchev–Trinajstić information content (AvgIpc) is 2.69. The van der Waals surface area contributed by atoms with Gasteiger partial charge in [0.25, 0.3) is 0 Å². The van der Waals surface area contributed by atoms with Crippen LogP contribution in [0.3, 0.4) is 0 Å². The molecule has 2 fully saturated rings. The minimum Gasteiger partial charge on any atom is -0.335 e. The molecular weight excluding hydrogens is 326 g/mol. The van der Waals surface area contributed by atoms with Crippen molar-refractivity contribution < 1.29 is 9.59 Å². The Morgan fingerprint density at radius 2 is 1.65 bits per heavy atom. The predicted molar refractivity (Wildman–Crippen MR) is 103 cm³/mol. The number of hydrogen-bond acceptors (Lipinski definition) is 3. The fourth-order valence-electron chi connectivity index (χ4n) is 4.20. The first kappa shape index (κ1) is 18.9. The summed E-state index contributed by atoms with van der Waals surface area (Å²) in [5.74, 6) is 0.369. The second kappa shape index (κ2) is 9.17. The van der Waals surface area contributed by atoms with E-state index in [4.69, 9.17) is 0 Å². The second-order valence-electron chi connectivity index (χ2n) is 7.69. The Bertz CT molecular complexity index is 591. The highest BCUT2D eigenvalue weighted by Gasteiger charge is 2.28. The van der Waals surface area contributed by atoms with Crippen LogP contribution in [0.4, 0.5) is 4.79 Å². The predicted octanol–water partition coefficient (Wildman–Crippen LogP) is 3.41. The zero-order valence-corrected chi connectivity index (χ0v) is 15.7. The van der Waals surface area contributed by atoms with Gasteiger partial charge in [0.05, 0.1) is 6.04 Å². The molecule has 0 radical (unpaired) electrons. The summed E-state index contributed by atoms with van der Waals surface area (Å²) >= 11 is 0. The van der Waals surface area contributed by atoms with E-state index < -0.39 is 0 Å². The molecule has 2 aliphatic rings. The van der Waals surface area contributed by atoms with Crippen molar-refractivity contribution in [2.75, 3.05) is 13.1 Å². The van der Waals surface area contributed by atoms with E-state index in [2.05, 4.69) is 39.8 Å². The van der Waals surface area contributed by atoms with Gasteiger partial charge < -0.3 is 5.32 Å². The summed E-state index contributed by atoms with van der Waals surface area (Å²) in [7, 11) is 0. The fraction of sp³-hybridized carbons (Fsp3) is 0.619. The van der Waals surface area contributed by atoms with Gasteiger partial charge in [0.2, 0.25) is 5.91 Å². The SMILES string of the molecule is CC(C(=O)NC(=O)NC1CCCCC1)N1CCC(c2ccccc2)CC1. The lowest BCUT2D eigenvalue weighted by Gasteiger charge is -2.35. The maximum atomic E-state index is 12.4. The number of nitrogens with zero attached hydrogens (tertiary/aromatic N) is 1. The van der Waals surface area contributed by atoms with Crippen molar-refractivity contribution in [3.63, 3.8) is 0 Å². The largest absolute Gasteiger partial charge is 0.335 e. The Morgan fingerprint density at radius 3 is 2.31 bits per heavy atom. The van der Waals surface area contributed by atoms with Gasteiger partial charge in [-0.1, -0.05) is 49.6 Å². The van der Waals surface area contributed by atoms with Crippen LogP contribution in [-0.4, -0.2) is 42.0 Å². The Kier molecular flexibility index (Phi) is 6.67. The van der Waals surface area contributed by atoms with E-state index in [9.17, 15) is 9.59 Å². The van der Waals surface area contributed by atoms with E-state index in [1.165, 1.54) is 12.0 Å². The van der Waals surface area contributed by atoms with Gasteiger partial charge in [-0.3, -0.25) is 15.0 Å². The first-order chi connectivity index (χ1) is 12.6. The van der Waals surface area contributed by atoms with Crippen LogP contribution < -0.4 is 10.6 Å². The van der Waals surface area contributed by atoms with E-state index >= 15 is 0 Å². The molecule has 1 saturated carbocycles. The number of likely N-dealkylation sites (tertiary alicyclic amines) is 1. The first-order valence-electron chi connectivity index (χ1n) is 10.0. The molecule has 142 valence electrons. The van der Waals surface area contributed by atoms with E-state index in [0.29, 0.717) is 5.92 Å². The summed E-state index contributed by atoms with van der Waals surface area (Å²) in [6.45, 7) is 3.67. The van der Waals surface area contributed by atoms with Gasteiger partial charge in [0, 0.05) is 6.04 Å². The summed E-state index contributed by atoms with van der Waals surface area (Å²) < 4.78 is 0. The summed E-state index contributed by atoms with van der Waals surface area (Å²) in [5.41, 5.74) is 1.39. The molecule has 0 bridgehead atoms. The molecule has 1 aliphatic heterocycles. The zero-order valence-electron chi connectivity index (χ0n) is 15.7. The number of nitrogens with one attached hydrogen (secondary N) is 2. The molecule has 1 heterocycles. The van der Waals surface area contributed by atoms with E-state index in [1.807, 2.05) is 13.0 Å². The highest BCUT2D eigenvalue weighted by atomic mass is 16.2. The van der Waals surface area contributed by atoms with E-state index in [0.717, 1.165) is 51.6 Å². The Hall–Kier alpha value is -1.88. The highest BCUT2D eigenvalue weighted by molar-refractivity contribution is 5.96. The number of hydrogen-bond donors (Lipinski definition) is 2. The summed E-state index contributed by atoms with van der Waals surface area (Å²) in [6, 6.07) is 10.2. The molecule has 1 unspecified atom stereocenters. The molecule has 0 aromatic heterocycles. The van der Waals surface area contributed by atoms with Gasteiger partial charge >= 0.3 is 6.03 Å². The number of rotatable bonds is 4. The van der Waals surface area contributed by atoms with Crippen LogP contribution in [0.5, 0.6) is 0 Å². The Balaban J connectivity index is 1.43. The molecule has 5 heteroatoms. The lowest BCUT2D eigenvalue weighted by molar-refractivity contribution is -0.125. The lowest BCUT2D eigenvalue weighted by atomic mass is 9.89. The van der Waals surface area contributed by atoms with Crippen molar-refractivity contribution in [1.82, 2.24) is 15.5 Å². The van der Waals surface area contributed by atoms with Gasteiger partial charge in [-0.05, 0) is 57.2 Å². The number of amides is 3. The van der Waals surface area contributed by atoms with Crippen molar-refractivity contribution in [2.45, 2.75) is 69.9 Å². The van der Waals surface area contributed by atoms with Gasteiger partial charge in [-0.2, -0.15) is 0 Å². The maximum absolute atomic E-state index is 12.4. The molecule has 1 aliphatic carbocycles. The molecule has 26 heavy (non-hydrogen) atoms. The van der Waals surface area contributed by atoms with Crippen LogP contribution in [0, 0.1) is 0 Å². The number of carbonyl (C=O) groups excluding carboxylic acids is 2. The Morgan fingerprint density at radius 1 is 1.00 bits per heavy atom. The van der Waals surface area contributed by atoms with Crippen LogP contribution >= 0.6 is 0 Å². The fourth-order valence-corrected chi connectivity index (χ4v) is 4.20. The molecule has 2 N–H and O–H groups in total.